The highest BCUT2D eigenvalue weighted by Crippen LogP contribution is 2.25. The van der Waals surface area contributed by atoms with Crippen LogP contribution in [0.3, 0.4) is 0 Å². The number of ether oxygens (including phenoxy) is 1. The molecule has 0 aliphatic carbocycles. The number of hydrogen-bond donors (Lipinski definition) is 0. The van der Waals surface area contributed by atoms with Crippen LogP contribution in [0.15, 0.2) is 29.1 Å². The summed E-state index contributed by atoms with van der Waals surface area (Å²) in [5.74, 6) is 1.09. The van der Waals surface area contributed by atoms with Crippen LogP contribution >= 0.6 is 11.3 Å². The number of hydrogen-bond acceptors (Lipinski definition) is 6. The molecule has 154 valence electrons. The normalized spacial score (nSPS) is 17.4. The standard InChI is InChI=1S/C21H26N4O3S/c1-16(26)24-6-4-23(5-7-24)12-17-2-3-20-18(10-17)13-25(8-9-28-20)21(27)11-19-14-29-15-22-19/h2-3,10,14-15H,4-9,11-13H2,1H3. The van der Waals surface area contributed by atoms with Gasteiger partial charge in [0.05, 0.1) is 24.2 Å². The van der Waals surface area contributed by atoms with Crippen LogP contribution < -0.4 is 4.74 Å². The quantitative estimate of drug-likeness (QED) is 0.763. The fraction of sp³-hybridized carbons (Fsp3) is 0.476. The lowest BCUT2D eigenvalue weighted by atomic mass is 10.1. The molecule has 1 saturated heterocycles. The van der Waals surface area contributed by atoms with E-state index >= 15 is 0 Å². The van der Waals surface area contributed by atoms with Gasteiger partial charge in [-0.2, -0.15) is 0 Å². The van der Waals surface area contributed by atoms with Gasteiger partial charge in [0.25, 0.3) is 0 Å². The first kappa shape index (κ1) is 19.8. The van der Waals surface area contributed by atoms with Gasteiger partial charge in [-0.1, -0.05) is 6.07 Å². The van der Waals surface area contributed by atoms with Crippen LogP contribution in [0.1, 0.15) is 23.7 Å². The Labute approximate surface area is 174 Å². The average Bonchev–Trinajstić information content (AvgIpc) is 3.12. The zero-order chi connectivity index (χ0) is 20.2. The van der Waals surface area contributed by atoms with E-state index in [4.69, 9.17) is 4.74 Å². The summed E-state index contributed by atoms with van der Waals surface area (Å²) in [6, 6.07) is 6.27. The molecule has 2 amide bonds. The van der Waals surface area contributed by atoms with Gasteiger partial charge in [-0.25, -0.2) is 4.98 Å². The molecule has 1 aromatic heterocycles. The molecule has 8 heteroatoms. The predicted octanol–water partition coefficient (Wildman–Crippen LogP) is 1.77. The third kappa shape index (κ3) is 4.94. The molecule has 0 spiro atoms. The number of carbonyl (C=O) groups excluding carboxylic acids is 2. The fourth-order valence-corrected chi connectivity index (χ4v) is 4.39. The topological polar surface area (TPSA) is 66.0 Å². The van der Waals surface area contributed by atoms with Crippen LogP contribution in [0.4, 0.5) is 0 Å². The molecule has 0 unspecified atom stereocenters. The summed E-state index contributed by atoms with van der Waals surface area (Å²) in [6.45, 7) is 7.43. The SMILES string of the molecule is CC(=O)N1CCN(Cc2ccc3c(c2)CN(C(=O)Cc2cscn2)CCO3)CC1. The zero-order valence-electron chi connectivity index (χ0n) is 16.7. The third-order valence-corrected chi connectivity index (χ3v) is 6.13. The number of rotatable bonds is 4. The average molecular weight is 415 g/mol. The van der Waals surface area contributed by atoms with Crippen molar-refractivity contribution in [3.05, 3.63) is 45.9 Å². The van der Waals surface area contributed by atoms with Crippen molar-refractivity contribution in [1.82, 2.24) is 19.7 Å². The summed E-state index contributed by atoms with van der Waals surface area (Å²) in [5, 5.41) is 1.92. The minimum absolute atomic E-state index is 0.0816. The van der Waals surface area contributed by atoms with Crippen molar-refractivity contribution in [2.24, 2.45) is 0 Å². The van der Waals surface area contributed by atoms with Crippen molar-refractivity contribution in [1.29, 1.82) is 0 Å². The number of fused-ring (bicyclic) bond motifs is 1. The van der Waals surface area contributed by atoms with Crippen LogP contribution in [0.2, 0.25) is 0 Å². The van der Waals surface area contributed by atoms with Crippen molar-refractivity contribution in [3.8, 4) is 5.75 Å². The predicted molar refractivity (Wildman–Crippen MR) is 111 cm³/mol. The first-order chi connectivity index (χ1) is 14.1. The number of piperazine rings is 1. The van der Waals surface area contributed by atoms with Gasteiger partial charge in [0, 0.05) is 57.1 Å². The maximum atomic E-state index is 12.7. The Balaban J connectivity index is 1.40. The van der Waals surface area contributed by atoms with Crippen molar-refractivity contribution in [2.45, 2.75) is 26.4 Å². The van der Waals surface area contributed by atoms with Gasteiger partial charge in [0.15, 0.2) is 0 Å². The number of carbonyl (C=O) groups is 2. The van der Waals surface area contributed by atoms with Crippen molar-refractivity contribution in [3.63, 3.8) is 0 Å². The summed E-state index contributed by atoms with van der Waals surface area (Å²) in [5.41, 5.74) is 4.83. The number of amides is 2. The van der Waals surface area contributed by atoms with E-state index in [1.54, 1.807) is 12.4 Å². The van der Waals surface area contributed by atoms with E-state index in [1.807, 2.05) is 21.2 Å². The van der Waals surface area contributed by atoms with E-state index in [-0.39, 0.29) is 11.8 Å². The van der Waals surface area contributed by atoms with Gasteiger partial charge >= 0.3 is 0 Å². The van der Waals surface area contributed by atoms with Gasteiger partial charge in [-0.15, -0.1) is 11.3 Å². The van der Waals surface area contributed by atoms with Crippen molar-refractivity contribution >= 4 is 23.2 Å². The maximum absolute atomic E-state index is 12.7. The molecule has 29 heavy (non-hydrogen) atoms. The Bertz CT molecular complexity index is 863. The van der Waals surface area contributed by atoms with Crippen molar-refractivity contribution in [2.75, 3.05) is 39.3 Å². The Morgan fingerprint density at radius 1 is 1.14 bits per heavy atom. The number of benzene rings is 1. The Kier molecular flexibility index (Phi) is 6.10. The minimum Gasteiger partial charge on any atom is -0.491 e. The van der Waals surface area contributed by atoms with E-state index in [2.05, 4.69) is 22.0 Å². The molecule has 0 N–H and O–H groups in total. The lowest BCUT2D eigenvalue weighted by molar-refractivity contribution is -0.131. The summed E-state index contributed by atoms with van der Waals surface area (Å²) in [6.07, 6.45) is 0.332. The smallest absolute Gasteiger partial charge is 0.229 e. The molecular formula is C21H26N4O3S. The van der Waals surface area contributed by atoms with Crippen LogP contribution in [0.25, 0.3) is 0 Å². The largest absolute Gasteiger partial charge is 0.491 e. The van der Waals surface area contributed by atoms with Crippen LogP contribution in [0.5, 0.6) is 5.75 Å². The molecule has 0 radical (unpaired) electrons. The van der Waals surface area contributed by atoms with E-state index in [1.165, 1.54) is 16.9 Å². The number of nitrogens with zero attached hydrogens (tertiary/aromatic N) is 4. The highest BCUT2D eigenvalue weighted by molar-refractivity contribution is 7.07. The second-order valence-electron chi connectivity index (χ2n) is 7.54. The van der Waals surface area contributed by atoms with Gasteiger partial charge in [-0.05, 0) is 17.7 Å². The van der Waals surface area contributed by atoms with Crippen molar-refractivity contribution < 1.29 is 14.3 Å². The second kappa shape index (κ2) is 8.92. The van der Waals surface area contributed by atoms with Gasteiger partial charge in [-0.3, -0.25) is 14.5 Å². The Morgan fingerprint density at radius 2 is 1.97 bits per heavy atom. The van der Waals surface area contributed by atoms with Gasteiger partial charge in [0.1, 0.15) is 12.4 Å². The lowest BCUT2D eigenvalue weighted by Crippen LogP contribution is -2.47. The highest BCUT2D eigenvalue weighted by atomic mass is 32.1. The first-order valence-corrected chi connectivity index (χ1v) is 10.9. The monoisotopic (exact) mass is 414 g/mol. The minimum atomic E-state index is 0.0816. The highest BCUT2D eigenvalue weighted by Gasteiger charge is 2.22. The van der Waals surface area contributed by atoms with E-state index in [9.17, 15) is 9.59 Å². The molecule has 1 aromatic carbocycles. The molecule has 4 rings (SSSR count). The summed E-state index contributed by atoms with van der Waals surface area (Å²) in [7, 11) is 0. The van der Waals surface area contributed by atoms with Gasteiger partial charge in [0.2, 0.25) is 11.8 Å². The molecule has 3 heterocycles. The van der Waals surface area contributed by atoms with E-state index < -0.39 is 0 Å². The summed E-state index contributed by atoms with van der Waals surface area (Å²) in [4.78, 5) is 34.6. The molecule has 2 aromatic rings. The van der Waals surface area contributed by atoms with Gasteiger partial charge < -0.3 is 14.5 Å². The Morgan fingerprint density at radius 3 is 2.69 bits per heavy atom. The van der Waals surface area contributed by atoms with E-state index in [0.29, 0.717) is 26.1 Å². The van der Waals surface area contributed by atoms with E-state index in [0.717, 1.165) is 49.7 Å². The maximum Gasteiger partial charge on any atom is 0.229 e. The Hall–Kier alpha value is -2.45. The molecular weight excluding hydrogens is 388 g/mol. The number of thiazole rings is 1. The molecule has 2 aliphatic heterocycles. The molecule has 7 nitrogen and oxygen atoms in total. The first-order valence-electron chi connectivity index (χ1n) is 9.96. The fourth-order valence-electron chi connectivity index (χ4n) is 3.83. The molecule has 2 aliphatic rings. The zero-order valence-corrected chi connectivity index (χ0v) is 17.5. The summed E-state index contributed by atoms with van der Waals surface area (Å²) < 4.78 is 5.88. The third-order valence-electron chi connectivity index (χ3n) is 5.50. The second-order valence-corrected chi connectivity index (χ2v) is 8.26. The summed E-state index contributed by atoms with van der Waals surface area (Å²) >= 11 is 1.51. The van der Waals surface area contributed by atoms with Crippen LogP contribution in [-0.2, 0) is 29.1 Å². The molecule has 0 saturated carbocycles. The molecule has 1 fully saturated rings. The lowest BCUT2D eigenvalue weighted by Gasteiger charge is -2.34. The van der Waals surface area contributed by atoms with Crippen LogP contribution in [-0.4, -0.2) is 70.8 Å². The molecule has 0 atom stereocenters. The molecule has 0 bridgehead atoms. The number of aromatic nitrogens is 1. The van der Waals surface area contributed by atoms with Crippen LogP contribution in [0, 0.1) is 0 Å².